The number of aromatic nitrogens is 1. The predicted octanol–water partition coefficient (Wildman–Crippen LogP) is 4.31. The van der Waals surface area contributed by atoms with Gasteiger partial charge < -0.3 is 15.0 Å². The zero-order valence-electron chi connectivity index (χ0n) is 27.5. The molecular formula is C34H43N5O7S2. The average Bonchev–Trinajstić information content (AvgIpc) is 3.92. The van der Waals surface area contributed by atoms with E-state index < -0.39 is 56.7 Å². The number of aryl methyl sites for hydroxylation is 2. The van der Waals surface area contributed by atoms with Crippen LogP contribution in [0.5, 0.6) is 0 Å². The van der Waals surface area contributed by atoms with Crippen LogP contribution in [0.2, 0.25) is 0 Å². The summed E-state index contributed by atoms with van der Waals surface area (Å²) in [6, 6.07) is 5.70. The molecular weight excluding hydrogens is 655 g/mol. The number of ether oxygens (including phenoxy) is 1. The van der Waals surface area contributed by atoms with Crippen molar-refractivity contribution in [2.24, 2.45) is 17.8 Å². The standard InChI is InChI=1S/C34H43N5O7S2/c1-4-22-19-47-30(35-22)25-13-10-20(2)15-28(25)36-33(43)46-23-16-26-27(17-23)31(41)39(3)14-8-6-5-7-9-21-18-34(21,37-29(26)40)32(42)38-48(44,45)24-11-12-24/h7,9-10,13,15,19,21,23-24,26-27H,4-6,8,11-12,14,16-18H2,1-3H3,(H,36,43)(H,37,40)(H,38,42)/b9-7+. The lowest BCUT2D eigenvalue weighted by Crippen LogP contribution is -2.54. The third kappa shape index (κ3) is 7.29. The number of thiazole rings is 1. The molecule has 1 aromatic carbocycles. The van der Waals surface area contributed by atoms with Gasteiger partial charge in [-0.25, -0.2) is 18.2 Å². The molecule has 0 spiro atoms. The molecule has 48 heavy (non-hydrogen) atoms. The molecule has 12 nitrogen and oxygen atoms in total. The summed E-state index contributed by atoms with van der Waals surface area (Å²) < 4.78 is 33.4. The van der Waals surface area contributed by atoms with E-state index in [2.05, 4.69) is 20.3 Å². The Hall–Kier alpha value is -3.78. The van der Waals surface area contributed by atoms with Crippen LogP contribution in [0.3, 0.4) is 0 Å². The van der Waals surface area contributed by atoms with Crippen molar-refractivity contribution in [2.45, 2.75) is 88.5 Å². The highest BCUT2D eigenvalue weighted by Crippen LogP contribution is 2.47. The third-order valence-corrected chi connectivity index (χ3v) is 12.6. The molecule has 3 fully saturated rings. The first kappa shape index (κ1) is 34.1. The second-order valence-corrected chi connectivity index (χ2v) is 16.3. The zero-order chi connectivity index (χ0) is 34.2. The monoisotopic (exact) mass is 697 g/mol. The molecule has 4 amide bonds. The van der Waals surface area contributed by atoms with Gasteiger partial charge in [0.05, 0.1) is 28.5 Å². The molecule has 0 saturated heterocycles. The number of fused-ring (bicyclic) bond motifs is 2. The molecule has 1 aromatic heterocycles. The van der Waals surface area contributed by atoms with Crippen molar-refractivity contribution in [3.05, 3.63) is 47.0 Å². The number of anilines is 1. The van der Waals surface area contributed by atoms with Gasteiger partial charge in [0.2, 0.25) is 21.8 Å². The van der Waals surface area contributed by atoms with Crippen molar-refractivity contribution in [1.29, 1.82) is 0 Å². The average molecular weight is 698 g/mol. The van der Waals surface area contributed by atoms with Crippen molar-refractivity contribution < 1.29 is 32.3 Å². The van der Waals surface area contributed by atoms with Gasteiger partial charge in [0.25, 0.3) is 5.91 Å². The largest absolute Gasteiger partial charge is 0.446 e. The number of amides is 4. The van der Waals surface area contributed by atoms with E-state index in [1.54, 1.807) is 11.9 Å². The first-order chi connectivity index (χ1) is 22.9. The fourth-order valence-electron chi connectivity index (χ4n) is 6.72. The zero-order valence-corrected chi connectivity index (χ0v) is 29.1. The quantitative estimate of drug-likeness (QED) is 0.361. The van der Waals surface area contributed by atoms with Gasteiger partial charge in [-0.05, 0) is 82.4 Å². The summed E-state index contributed by atoms with van der Waals surface area (Å²) in [6.45, 7) is 4.47. The van der Waals surface area contributed by atoms with Gasteiger partial charge in [-0.2, -0.15) is 0 Å². The van der Waals surface area contributed by atoms with Crippen LogP contribution in [-0.2, 0) is 35.6 Å². The van der Waals surface area contributed by atoms with Gasteiger partial charge in [0.1, 0.15) is 16.7 Å². The van der Waals surface area contributed by atoms with Crippen molar-refractivity contribution in [3.8, 4) is 10.6 Å². The lowest BCUT2D eigenvalue weighted by Gasteiger charge is -2.26. The minimum absolute atomic E-state index is 0.0785. The lowest BCUT2D eigenvalue weighted by molar-refractivity contribution is -0.140. The van der Waals surface area contributed by atoms with Crippen LogP contribution < -0.4 is 15.4 Å². The Morgan fingerprint density at radius 1 is 1.17 bits per heavy atom. The summed E-state index contributed by atoms with van der Waals surface area (Å²) in [4.78, 5) is 60.7. The summed E-state index contributed by atoms with van der Waals surface area (Å²) in [7, 11) is -2.13. The summed E-state index contributed by atoms with van der Waals surface area (Å²) in [6.07, 6.45) is 6.94. The molecule has 2 aromatic rings. The highest BCUT2D eigenvalue weighted by atomic mass is 32.2. The Kier molecular flexibility index (Phi) is 9.67. The van der Waals surface area contributed by atoms with Gasteiger partial charge in [-0.15, -0.1) is 11.3 Å². The highest BCUT2D eigenvalue weighted by molar-refractivity contribution is 7.91. The van der Waals surface area contributed by atoms with E-state index >= 15 is 0 Å². The van der Waals surface area contributed by atoms with Gasteiger partial charge in [-0.3, -0.25) is 24.4 Å². The maximum atomic E-state index is 14.0. The molecule has 0 radical (unpaired) electrons. The topological polar surface area (TPSA) is 164 Å². The number of allylic oxidation sites excluding steroid dienone is 1. The fraction of sp³-hybridized carbons (Fsp3) is 0.559. The Balaban J connectivity index is 1.20. The maximum Gasteiger partial charge on any atom is 0.411 e. The number of carbonyl (C=O) groups is 4. The number of nitrogens with one attached hydrogen (secondary N) is 3. The van der Waals surface area contributed by atoms with Crippen LogP contribution in [0, 0.1) is 24.7 Å². The van der Waals surface area contributed by atoms with Crippen molar-refractivity contribution in [1.82, 2.24) is 19.9 Å². The van der Waals surface area contributed by atoms with E-state index in [1.807, 2.05) is 49.6 Å². The summed E-state index contributed by atoms with van der Waals surface area (Å²) in [5.74, 6) is -3.55. The first-order valence-electron chi connectivity index (χ1n) is 16.7. The number of sulfonamides is 1. The smallest absolute Gasteiger partial charge is 0.411 e. The highest BCUT2D eigenvalue weighted by Gasteiger charge is 2.62. The Labute approximate surface area is 285 Å². The summed E-state index contributed by atoms with van der Waals surface area (Å²) >= 11 is 1.49. The molecule has 3 saturated carbocycles. The van der Waals surface area contributed by atoms with Crippen molar-refractivity contribution in [2.75, 3.05) is 18.9 Å². The number of rotatable bonds is 7. The number of benzene rings is 1. The fourth-order valence-corrected chi connectivity index (χ4v) is 9.03. The van der Waals surface area contributed by atoms with Gasteiger partial charge >= 0.3 is 6.09 Å². The Morgan fingerprint density at radius 3 is 2.67 bits per heavy atom. The van der Waals surface area contributed by atoms with Crippen LogP contribution in [0.25, 0.3) is 10.6 Å². The summed E-state index contributed by atoms with van der Waals surface area (Å²) in [5.41, 5.74) is 1.78. The number of hydrogen-bond donors (Lipinski definition) is 3. The Bertz CT molecular complexity index is 1740. The second-order valence-electron chi connectivity index (χ2n) is 13.5. The van der Waals surface area contributed by atoms with Crippen LogP contribution >= 0.6 is 11.3 Å². The molecule has 0 bridgehead atoms. The van der Waals surface area contributed by atoms with Crippen LogP contribution in [0.4, 0.5) is 10.5 Å². The van der Waals surface area contributed by atoms with Crippen LogP contribution in [0.15, 0.2) is 35.7 Å². The minimum Gasteiger partial charge on any atom is -0.446 e. The van der Waals surface area contributed by atoms with E-state index in [0.717, 1.165) is 47.5 Å². The molecule has 1 aliphatic heterocycles. The van der Waals surface area contributed by atoms with Crippen LogP contribution in [0.1, 0.15) is 69.5 Å². The lowest BCUT2D eigenvalue weighted by atomic mass is 9.93. The molecule has 5 unspecified atom stereocenters. The number of nitrogens with zero attached hydrogens (tertiary/aromatic N) is 2. The van der Waals surface area contributed by atoms with E-state index in [4.69, 9.17) is 4.74 Å². The molecule has 4 aliphatic rings. The molecule has 2 heterocycles. The first-order valence-corrected chi connectivity index (χ1v) is 19.2. The number of hydrogen-bond acceptors (Lipinski definition) is 9. The van der Waals surface area contributed by atoms with Crippen molar-refractivity contribution in [3.63, 3.8) is 0 Å². The van der Waals surface area contributed by atoms with Crippen molar-refractivity contribution >= 4 is 50.9 Å². The molecule has 14 heteroatoms. The molecule has 3 N–H and O–H groups in total. The minimum atomic E-state index is -3.83. The van der Waals surface area contributed by atoms with Crippen LogP contribution in [-0.4, -0.2) is 72.6 Å². The van der Waals surface area contributed by atoms with Gasteiger partial charge in [-0.1, -0.05) is 25.1 Å². The molecule has 3 aliphatic carbocycles. The summed E-state index contributed by atoms with van der Waals surface area (Å²) in [5, 5.41) is 7.88. The Morgan fingerprint density at radius 2 is 1.94 bits per heavy atom. The number of carbonyl (C=O) groups excluding carboxylic acids is 4. The molecule has 5 atom stereocenters. The van der Waals surface area contributed by atoms with Gasteiger partial charge in [0.15, 0.2) is 0 Å². The van der Waals surface area contributed by atoms with E-state index in [-0.39, 0.29) is 31.1 Å². The van der Waals surface area contributed by atoms with E-state index in [0.29, 0.717) is 25.1 Å². The van der Waals surface area contributed by atoms with E-state index in [9.17, 15) is 27.6 Å². The SMILES string of the molecule is CCc1csc(-c2ccc(C)cc2NC(=O)OC2CC3C(=O)NC4(C(=O)NS(=O)(=O)C5CC5)CC4/C=C/CCCCN(C)C(=O)C3C2)n1. The normalized spacial score (nSPS) is 28.4. The van der Waals surface area contributed by atoms with E-state index in [1.165, 1.54) is 11.3 Å². The van der Waals surface area contributed by atoms with Gasteiger partial charge in [0, 0.05) is 30.5 Å². The maximum absolute atomic E-state index is 14.0. The predicted molar refractivity (Wildman–Crippen MR) is 181 cm³/mol. The third-order valence-electron chi connectivity index (χ3n) is 9.83. The molecule has 6 rings (SSSR count). The second kappa shape index (κ2) is 13.6. The molecule has 258 valence electrons.